The fourth-order valence-corrected chi connectivity index (χ4v) is 2.26. The predicted octanol–water partition coefficient (Wildman–Crippen LogP) is 4.39. The zero-order chi connectivity index (χ0) is 13.8. The van der Waals surface area contributed by atoms with Crippen molar-refractivity contribution in [3.63, 3.8) is 0 Å². The first kappa shape index (κ1) is 14.3. The molecule has 0 fully saturated rings. The molecule has 19 heavy (non-hydrogen) atoms. The molecule has 2 aromatic carbocycles. The molecular formula is C14H12BrClFNO. The molecule has 0 saturated carbocycles. The quantitative estimate of drug-likeness (QED) is 0.862. The molecule has 1 atom stereocenters. The summed E-state index contributed by atoms with van der Waals surface area (Å²) in [5.41, 5.74) is 1.31. The zero-order valence-electron chi connectivity index (χ0n) is 9.91. The number of hydrogen-bond acceptors (Lipinski definition) is 2. The highest BCUT2D eigenvalue weighted by atomic mass is 79.9. The first-order valence-electron chi connectivity index (χ1n) is 5.69. The summed E-state index contributed by atoms with van der Waals surface area (Å²) in [6.07, 6.45) is -0.790. The summed E-state index contributed by atoms with van der Waals surface area (Å²) in [6.45, 7) is 0.266. The number of benzene rings is 2. The van der Waals surface area contributed by atoms with Crippen molar-refractivity contribution in [1.29, 1.82) is 0 Å². The van der Waals surface area contributed by atoms with E-state index < -0.39 is 6.10 Å². The van der Waals surface area contributed by atoms with Crippen LogP contribution in [-0.2, 0) is 0 Å². The molecule has 100 valence electrons. The molecule has 0 aromatic heterocycles. The summed E-state index contributed by atoms with van der Waals surface area (Å²) in [5, 5.41) is 13.6. The molecule has 0 aliphatic heterocycles. The molecular weight excluding hydrogens is 333 g/mol. The standard InChI is InChI=1S/C14H12BrClFNO/c15-14-11(16)5-2-6-12(14)18-8-13(19)9-3-1-4-10(17)7-9/h1-7,13,18-19H,8H2. The minimum absolute atomic E-state index is 0.266. The Kier molecular flexibility index (Phi) is 4.80. The molecule has 5 heteroatoms. The van der Waals surface area contributed by atoms with Gasteiger partial charge in [-0.05, 0) is 45.8 Å². The van der Waals surface area contributed by atoms with Crippen LogP contribution in [0.1, 0.15) is 11.7 Å². The molecule has 0 bridgehead atoms. The SMILES string of the molecule is OC(CNc1cccc(Cl)c1Br)c1cccc(F)c1. The number of anilines is 1. The van der Waals surface area contributed by atoms with Gasteiger partial charge in [0.1, 0.15) is 5.82 Å². The molecule has 2 nitrogen and oxygen atoms in total. The van der Waals surface area contributed by atoms with Crippen LogP contribution in [-0.4, -0.2) is 11.7 Å². The molecule has 0 spiro atoms. The third-order valence-electron chi connectivity index (χ3n) is 2.67. The van der Waals surface area contributed by atoms with Crippen LogP contribution in [0.5, 0.6) is 0 Å². The van der Waals surface area contributed by atoms with Gasteiger partial charge < -0.3 is 10.4 Å². The zero-order valence-corrected chi connectivity index (χ0v) is 12.2. The van der Waals surface area contributed by atoms with E-state index in [1.54, 1.807) is 18.2 Å². The van der Waals surface area contributed by atoms with Gasteiger partial charge in [0.15, 0.2) is 0 Å². The van der Waals surface area contributed by atoms with E-state index >= 15 is 0 Å². The summed E-state index contributed by atoms with van der Waals surface area (Å²) in [7, 11) is 0. The third kappa shape index (κ3) is 3.69. The van der Waals surface area contributed by atoms with Crippen LogP contribution in [0, 0.1) is 5.82 Å². The highest BCUT2D eigenvalue weighted by molar-refractivity contribution is 9.10. The van der Waals surface area contributed by atoms with Gasteiger partial charge in [0.2, 0.25) is 0 Å². The van der Waals surface area contributed by atoms with Crippen molar-refractivity contribution in [2.45, 2.75) is 6.10 Å². The van der Waals surface area contributed by atoms with Crippen molar-refractivity contribution in [3.05, 3.63) is 63.3 Å². The molecule has 1 unspecified atom stereocenters. The molecule has 2 rings (SSSR count). The number of aliphatic hydroxyl groups is 1. The van der Waals surface area contributed by atoms with Crippen LogP contribution in [0.4, 0.5) is 10.1 Å². The Labute approximate surface area is 124 Å². The van der Waals surface area contributed by atoms with Gasteiger partial charge in [-0.2, -0.15) is 0 Å². The Hall–Kier alpha value is -1.10. The first-order valence-corrected chi connectivity index (χ1v) is 6.86. The van der Waals surface area contributed by atoms with Crippen molar-refractivity contribution >= 4 is 33.2 Å². The van der Waals surface area contributed by atoms with Gasteiger partial charge in [-0.15, -0.1) is 0 Å². The highest BCUT2D eigenvalue weighted by Crippen LogP contribution is 2.30. The van der Waals surface area contributed by atoms with Crippen LogP contribution in [0.3, 0.4) is 0 Å². The molecule has 0 radical (unpaired) electrons. The number of halogens is 3. The van der Waals surface area contributed by atoms with Crippen LogP contribution in [0.25, 0.3) is 0 Å². The van der Waals surface area contributed by atoms with Crippen molar-refractivity contribution in [2.75, 3.05) is 11.9 Å². The Morgan fingerprint density at radius 1 is 1.26 bits per heavy atom. The van der Waals surface area contributed by atoms with Crippen LogP contribution >= 0.6 is 27.5 Å². The van der Waals surface area contributed by atoms with E-state index in [0.717, 1.165) is 10.2 Å². The maximum Gasteiger partial charge on any atom is 0.123 e. The summed E-state index contributed by atoms with van der Waals surface area (Å²) in [5.74, 6) is -0.361. The monoisotopic (exact) mass is 343 g/mol. The van der Waals surface area contributed by atoms with E-state index in [0.29, 0.717) is 10.6 Å². The molecule has 0 aliphatic rings. The van der Waals surface area contributed by atoms with Crippen LogP contribution in [0.15, 0.2) is 46.9 Å². The van der Waals surface area contributed by atoms with E-state index in [2.05, 4.69) is 21.2 Å². The number of aliphatic hydroxyl groups excluding tert-OH is 1. The lowest BCUT2D eigenvalue weighted by Crippen LogP contribution is -2.12. The number of hydrogen-bond donors (Lipinski definition) is 2. The second kappa shape index (κ2) is 6.37. The van der Waals surface area contributed by atoms with E-state index in [1.807, 2.05) is 12.1 Å². The van der Waals surface area contributed by atoms with E-state index in [-0.39, 0.29) is 12.4 Å². The van der Waals surface area contributed by atoms with Crippen molar-refractivity contribution in [1.82, 2.24) is 0 Å². The summed E-state index contributed by atoms with van der Waals surface area (Å²) in [6, 6.07) is 11.3. The van der Waals surface area contributed by atoms with Crippen LogP contribution in [0.2, 0.25) is 5.02 Å². The van der Waals surface area contributed by atoms with E-state index in [1.165, 1.54) is 12.1 Å². The van der Waals surface area contributed by atoms with E-state index in [9.17, 15) is 9.50 Å². The van der Waals surface area contributed by atoms with Crippen molar-refractivity contribution in [2.24, 2.45) is 0 Å². The number of rotatable bonds is 4. The Balaban J connectivity index is 2.04. The van der Waals surface area contributed by atoms with Gasteiger partial charge in [0.05, 0.1) is 21.3 Å². The number of nitrogens with one attached hydrogen (secondary N) is 1. The highest BCUT2D eigenvalue weighted by Gasteiger charge is 2.10. The molecule has 0 aliphatic carbocycles. The second-order valence-corrected chi connectivity index (χ2v) is 5.25. The van der Waals surface area contributed by atoms with Gasteiger partial charge in [0.25, 0.3) is 0 Å². The molecule has 2 N–H and O–H groups in total. The molecule has 0 saturated heterocycles. The predicted molar refractivity (Wildman–Crippen MR) is 79.0 cm³/mol. The summed E-state index contributed by atoms with van der Waals surface area (Å²) < 4.78 is 13.8. The minimum atomic E-state index is -0.790. The van der Waals surface area contributed by atoms with Crippen LogP contribution < -0.4 is 5.32 Å². The second-order valence-electron chi connectivity index (χ2n) is 4.05. The lowest BCUT2D eigenvalue weighted by atomic mass is 10.1. The topological polar surface area (TPSA) is 32.3 Å². The van der Waals surface area contributed by atoms with Gasteiger partial charge in [-0.1, -0.05) is 29.8 Å². The lowest BCUT2D eigenvalue weighted by Gasteiger charge is -2.14. The lowest BCUT2D eigenvalue weighted by molar-refractivity contribution is 0.191. The van der Waals surface area contributed by atoms with E-state index in [4.69, 9.17) is 11.6 Å². The maximum absolute atomic E-state index is 13.1. The smallest absolute Gasteiger partial charge is 0.123 e. The summed E-state index contributed by atoms with van der Waals surface area (Å²) in [4.78, 5) is 0. The molecule has 0 heterocycles. The minimum Gasteiger partial charge on any atom is -0.387 e. The Bertz CT molecular complexity index is 579. The average Bonchev–Trinajstić information content (AvgIpc) is 2.40. The fraction of sp³-hybridized carbons (Fsp3) is 0.143. The molecule has 0 amide bonds. The van der Waals surface area contributed by atoms with Gasteiger partial charge in [0, 0.05) is 6.54 Å². The average molecular weight is 345 g/mol. The summed E-state index contributed by atoms with van der Waals surface area (Å²) >= 11 is 9.33. The molecule has 2 aromatic rings. The Morgan fingerprint density at radius 3 is 2.74 bits per heavy atom. The van der Waals surface area contributed by atoms with Gasteiger partial charge in [-0.25, -0.2) is 4.39 Å². The largest absolute Gasteiger partial charge is 0.387 e. The fourth-order valence-electron chi connectivity index (χ4n) is 1.68. The van der Waals surface area contributed by atoms with Crippen molar-refractivity contribution in [3.8, 4) is 0 Å². The maximum atomic E-state index is 13.1. The van der Waals surface area contributed by atoms with Gasteiger partial charge in [-0.3, -0.25) is 0 Å². The third-order valence-corrected chi connectivity index (χ3v) is 4.07. The Morgan fingerprint density at radius 2 is 2.00 bits per heavy atom. The normalized spacial score (nSPS) is 12.2. The van der Waals surface area contributed by atoms with Gasteiger partial charge >= 0.3 is 0 Å². The van der Waals surface area contributed by atoms with Crippen molar-refractivity contribution < 1.29 is 9.50 Å². The first-order chi connectivity index (χ1) is 9.08.